The van der Waals surface area contributed by atoms with Crippen LogP contribution in [0, 0.1) is 6.92 Å². The van der Waals surface area contributed by atoms with Gasteiger partial charge in [0.05, 0.1) is 12.3 Å². The molecular weight excluding hydrogens is 182 g/mol. The Bertz CT molecular complexity index is 372. The molecule has 2 rings (SSSR count). The van der Waals surface area contributed by atoms with Crippen molar-refractivity contribution in [2.24, 2.45) is 0 Å². The normalized spacial score (nSPS) is 15.2. The van der Waals surface area contributed by atoms with Crippen molar-refractivity contribution in [3.05, 3.63) is 23.5 Å². The van der Waals surface area contributed by atoms with E-state index in [1.165, 1.54) is 12.3 Å². The lowest BCUT2D eigenvalue weighted by Crippen LogP contribution is -2.03. The third-order valence-electron chi connectivity index (χ3n) is 2.10. The van der Waals surface area contributed by atoms with Crippen LogP contribution in [0.5, 0.6) is 5.75 Å². The van der Waals surface area contributed by atoms with Crippen LogP contribution in [0.15, 0.2) is 12.3 Å². The molecule has 1 fully saturated rings. The summed E-state index contributed by atoms with van der Waals surface area (Å²) in [5.74, 6) is -0.316. The molecule has 1 saturated carbocycles. The van der Waals surface area contributed by atoms with Crippen molar-refractivity contribution in [2.45, 2.75) is 25.9 Å². The van der Waals surface area contributed by atoms with E-state index in [2.05, 4.69) is 4.98 Å². The third-order valence-corrected chi connectivity index (χ3v) is 2.10. The predicted octanol–water partition coefficient (Wildman–Crippen LogP) is 1.63. The number of carboxylic acids is 1. The number of hydrogen-bond donors (Lipinski definition) is 1. The minimum Gasteiger partial charge on any atom is -0.489 e. The van der Waals surface area contributed by atoms with Gasteiger partial charge in [0.2, 0.25) is 0 Å². The number of carboxylic acid groups (broad SMARTS) is 1. The quantitative estimate of drug-likeness (QED) is 0.792. The van der Waals surface area contributed by atoms with Crippen LogP contribution in [-0.4, -0.2) is 22.2 Å². The van der Waals surface area contributed by atoms with E-state index >= 15 is 0 Å². The second kappa shape index (κ2) is 3.29. The van der Waals surface area contributed by atoms with Crippen molar-refractivity contribution in [3.63, 3.8) is 0 Å². The maximum atomic E-state index is 10.6. The monoisotopic (exact) mass is 193 g/mol. The van der Waals surface area contributed by atoms with E-state index in [0.717, 1.165) is 18.4 Å². The molecule has 0 aromatic carbocycles. The summed E-state index contributed by atoms with van der Waals surface area (Å²) in [6.45, 7) is 1.83. The van der Waals surface area contributed by atoms with Gasteiger partial charge in [-0.2, -0.15) is 0 Å². The standard InChI is InChI=1S/C10H11NO3/c1-6-4-8(10(12)13)11-5-9(6)14-7-2-3-7/h4-5,7H,2-3H2,1H3,(H,12,13). The maximum Gasteiger partial charge on any atom is 0.354 e. The lowest BCUT2D eigenvalue weighted by atomic mass is 10.2. The van der Waals surface area contributed by atoms with Gasteiger partial charge in [0.1, 0.15) is 11.4 Å². The first-order chi connectivity index (χ1) is 6.66. The summed E-state index contributed by atoms with van der Waals surface area (Å²) in [6.07, 6.45) is 3.96. The molecule has 74 valence electrons. The number of aromatic carboxylic acids is 1. The fourth-order valence-electron chi connectivity index (χ4n) is 1.15. The van der Waals surface area contributed by atoms with Crippen molar-refractivity contribution in [1.82, 2.24) is 4.98 Å². The van der Waals surface area contributed by atoms with Gasteiger partial charge in [-0.05, 0) is 31.4 Å². The Hall–Kier alpha value is -1.58. The highest BCUT2D eigenvalue weighted by Gasteiger charge is 2.24. The first-order valence-corrected chi connectivity index (χ1v) is 4.53. The minimum atomic E-state index is -1.01. The predicted molar refractivity (Wildman–Crippen MR) is 49.6 cm³/mol. The van der Waals surface area contributed by atoms with Gasteiger partial charge in [-0.25, -0.2) is 9.78 Å². The lowest BCUT2D eigenvalue weighted by molar-refractivity contribution is 0.0690. The Balaban J connectivity index is 2.21. The maximum absolute atomic E-state index is 10.6. The Labute approximate surface area is 81.5 Å². The first-order valence-electron chi connectivity index (χ1n) is 4.53. The summed E-state index contributed by atoms with van der Waals surface area (Å²) >= 11 is 0. The van der Waals surface area contributed by atoms with Crippen LogP contribution in [0.3, 0.4) is 0 Å². The number of pyridine rings is 1. The molecule has 1 N–H and O–H groups in total. The van der Waals surface area contributed by atoms with Gasteiger partial charge in [0.15, 0.2) is 0 Å². The fourth-order valence-corrected chi connectivity index (χ4v) is 1.15. The molecule has 0 bridgehead atoms. The SMILES string of the molecule is Cc1cc(C(=O)O)ncc1OC1CC1. The zero-order chi connectivity index (χ0) is 10.1. The molecular formula is C10H11NO3. The average Bonchev–Trinajstić information content (AvgIpc) is 2.92. The number of aryl methyl sites for hydroxylation is 1. The highest BCUT2D eigenvalue weighted by atomic mass is 16.5. The van der Waals surface area contributed by atoms with E-state index in [-0.39, 0.29) is 5.69 Å². The summed E-state index contributed by atoms with van der Waals surface area (Å²) < 4.78 is 5.54. The zero-order valence-electron chi connectivity index (χ0n) is 7.86. The van der Waals surface area contributed by atoms with Crippen molar-refractivity contribution in [2.75, 3.05) is 0 Å². The molecule has 0 radical (unpaired) electrons. The van der Waals surface area contributed by atoms with Gasteiger partial charge in [0.25, 0.3) is 0 Å². The van der Waals surface area contributed by atoms with E-state index in [9.17, 15) is 4.79 Å². The number of nitrogens with zero attached hydrogens (tertiary/aromatic N) is 1. The second-order valence-corrected chi connectivity index (χ2v) is 3.46. The summed E-state index contributed by atoms with van der Waals surface area (Å²) in [5, 5.41) is 8.69. The number of carbonyl (C=O) groups is 1. The second-order valence-electron chi connectivity index (χ2n) is 3.46. The fraction of sp³-hybridized carbons (Fsp3) is 0.400. The molecule has 0 amide bonds. The number of ether oxygens (including phenoxy) is 1. The molecule has 1 aromatic heterocycles. The molecule has 14 heavy (non-hydrogen) atoms. The van der Waals surface area contributed by atoms with Crippen molar-refractivity contribution in [1.29, 1.82) is 0 Å². The van der Waals surface area contributed by atoms with E-state index in [1.54, 1.807) is 0 Å². The molecule has 4 heteroatoms. The molecule has 0 spiro atoms. The molecule has 0 aliphatic heterocycles. The molecule has 4 nitrogen and oxygen atoms in total. The highest BCUT2D eigenvalue weighted by Crippen LogP contribution is 2.28. The van der Waals surface area contributed by atoms with Crippen LogP contribution in [-0.2, 0) is 0 Å². The number of aromatic nitrogens is 1. The van der Waals surface area contributed by atoms with Crippen LogP contribution in [0.1, 0.15) is 28.9 Å². The highest BCUT2D eigenvalue weighted by molar-refractivity contribution is 5.85. The van der Waals surface area contributed by atoms with Crippen LogP contribution < -0.4 is 4.74 Å². The molecule has 1 aromatic rings. The van der Waals surface area contributed by atoms with Crippen molar-refractivity contribution >= 4 is 5.97 Å². The lowest BCUT2D eigenvalue weighted by Gasteiger charge is -2.07. The molecule has 1 aliphatic carbocycles. The van der Waals surface area contributed by atoms with Gasteiger partial charge in [-0.3, -0.25) is 0 Å². The van der Waals surface area contributed by atoms with Gasteiger partial charge < -0.3 is 9.84 Å². The Morgan fingerprint density at radius 3 is 2.86 bits per heavy atom. The topological polar surface area (TPSA) is 59.4 Å². The Morgan fingerprint density at radius 1 is 1.64 bits per heavy atom. The third kappa shape index (κ3) is 1.84. The summed E-state index contributed by atoms with van der Waals surface area (Å²) in [7, 11) is 0. The first kappa shape index (κ1) is 8.99. The van der Waals surface area contributed by atoms with Gasteiger partial charge >= 0.3 is 5.97 Å². The molecule has 0 unspecified atom stereocenters. The summed E-state index contributed by atoms with van der Waals surface area (Å²) in [5.41, 5.74) is 0.884. The molecule has 1 aliphatic rings. The molecule has 1 heterocycles. The number of rotatable bonds is 3. The Kier molecular flexibility index (Phi) is 2.11. The van der Waals surface area contributed by atoms with Gasteiger partial charge in [-0.15, -0.1) is 0 Å². The summed E-state index contributed by atoms with van der Waals surface area (Å²) in [6, 6.07) is 1.53. The largest absolute Gasteiger partial charge is 0.489 e. The van der Waals surface area contributed by atoms with E-state index < -0.39 is 5.97 Å². The minimum absolute atomic E-state index is 0.0608. The van der Waals surface area contributed by atoms with Crippen molar-refractivity contribution in [3.8, 4) is 5.75 Å². The summed E-state index contributed by atoms with van der Waals surface area (Å²) in [4.78, 5) is 14.4. The van der Waals surface area contributed by atoms with E-state index in [4.69, 9.17) is 9.84 Å². The average molecular weight is 193 g/mol. The smallest absolute Gasteiger partial charge is 0.354 e. The van der Waals surface area contributed by atoms with E-state index in [0.29, 0.717) is 11.9 Å². The van der Waals surface area contributed by atoms with Crippen LogP contribution >= 0.6 is 0 Å². The van der Waals surface area contributed by atoms with Gasteiger partial charge in [-0.1, -0.05) is 0 Å². The van der Waals surface area contributed by atoms with Gasteiger partial charge in [0, 0.05) is 0 Å². The zero-order valence-corrected chi connectivity index (χ0v) is 7.86. The van der Waals surface area contributed by atoms with Crippen LogP contribution in [0.4, 0.5) is 0 Å². The van der Waals surface area contributed by atoms with Crippen LogP contribution in [0.2, 0.25) is 0 Å². The van der Waals surface area contributed by atoms with E-state index in [1.807, 2.05) is 6.92 Å². The van der Waals surface area contributed by atoms with Crippen molar-refractivity contribution < 1.29 is 14.6 Å². The Morgan fingerprint density at radius 2 is 2.36 bits per heavy atom. The number of hydrogen-bond acceptors (Lipinski definition) is 3. The molecule has 0 saturated heterocycles. The molecule has 0 atom stereocenters. The van der Waals surface area contributed by atoms with Crippen LogP contribution in [0.25, 0.3) is 0 Å².